The van der Waals surface area contributed by atoms with Gasteiger partial charge in [-0.25, -0.2) is 0 Å². The lowest BCUT2D eigenvalue weighted by molar-refractivity contribution is -0.118. The summed E-state index contributed by atoms with van der Waals surface area (Å²) in [5.41, 5.74) is 3.99. The van der Waals surface area contributed by atoms with Gasteiger partial charge in [0.05, 0.1) is 0 Å². The smallest absolute Gasteiger partial charge is 0.270 e. The van der Waals surface area contributed by atoms with Crippen LogP contribution in [0.1, 0.15) is 38.2 Å². The Morgan fingerprint density at radius 2 is 1.96 bits per heavy atom. The fourth-order valence-corrected chi connectivity index (χ4v) is 4.20. The van der Waals surface area contributed by atoms with Crippen molar-refractivity contribution in [1.82, 2.24) is 15.5 Å². The van der Waals surface area contributed by atoms with Crippen LogP contribution in [0.25, 0.3) is 0 Å². The van der Waals surface area contributed by atoms with Gasteiger partial charge in [-0.1, -0.05) is 30.7 Å². The van der Waals surface area contributed by atoms with Crippen molar-refractivity contribution in [3.8, 4) is 0 Å². The summed E-state index contributed by atoms with van der Waals surface area (Å²) in [6, 6.07) is 8.55. The highest BCUT2D eigenvalue weighted by Crippen LogP contribution is 2.28. The van der Waals surface area contributed by atoms with Crippen LogP contribution < -0.4 is 15.5 Å². The van der Waals surface area contributed by atoms with E-state index < -0.39 is 0 Å². The van der Waals surface area contributed by atoms with Gasteiger partial charge >= 0.3 is 0 Å². The Morgan fingerprint density at radius 3 is 2.68 bits per heavy atom. The predicted octanol–water partition coefficient (Wildman–Crippen LogP) is 3.80. The molecule has 0 spiro atoms. The second-order valence-corrected chi connectivity index (χ2v) is 7.88. The summed E-state index contributed by atoms with van der Waals surface area (Å²) in [7, 11) is 0. The quantitative estimate of drug-likeness (QED) is 0.792. The second kappa shape index (κ2) is 8.31. The molecule has 0 radical (unpaired) electrons. The number of fused-ring (bicyclic) bond motifs is 1. The molecule has 5 nitrogen and oxygen atoms in total. The molecule has 3 aliphatic heterocycles. The lowest BCUT2D eigenvalue weighted by Crippen LogP contribution is -2.37. The van der Waals surface area contributed by atoms with Crippen LogP contribution in [0, 0.1) is 0 Å². The molecule has 0 aliphatic carbocycles. The Balaban J connectivity index is 1.39. The fourth-order valence-electron chi connectivity index (χ4n) is 4.03. The maximum atomic E-state index is 12.9. The molecule has 1 fully saturated rings. The number of allylic oxidation sites excluding steroid dienone is 3. The summed E-state index contributed by atoms with van der Waals surface area (Å²) in [5.74, 6) is -0.0666. The molecule has 0 aromatic heterocycles. The summed E-state index contributed by atoms with van der Waals surface area (Å²) in [6.45, 7) is 4.83. The van der Waals surface area contributed by atoms with E-state index in [4.69, 9.17) is 11.6 Å². The van der Waals surface area contributed by atoms with Crippen LogP contribution in [-0.2, 0) is 11.3 Å². The van der Waals surface area contributed by atoms with Gasteiger partial charge in [0.25, 0.3) is 5.91 Å². The lowest BCUT2D eigenvalue weighted by atomic mass is 10.1. The maximum Gasteiger partial charge on any atom is 0.270 e. The highest BCUT2D eigenvalue weighted by Gasteiger charge is 2.33. The maximum absolute atomic E-state index is 12.9. The molecule has 4 rings (SSSR count). The fraction of sp³-hybridized carbons (Fsp3) is 0.409. The van der Waals surface area contributed by atoms with Crippen LogP contribution in [0.3, 0.4) is 0 Å². The second-order valence-electron chi connectivity index (χ2n) is 7.44. The van der Waals surface area contributed by atoms with Crippen LogP contribution in [0.4, 0.5) is 5.69 Å². The molecule has 1 aromatic rings. The van der Waals surface area contributed by atoms with E-state index in [1.54, 1.807) is 0 Å². The van der Waals surface area contributed by atoms with Gasteiger partial charge in [0, 0.05) is 42.3 Å². The van der Waals surface area contributed by atoms with E-state index in [-0.39, 0.29) is 12.1 Å². The molecule has 2 N–H and O–H groups in total. The summed E-state index contributed by atoms with van der Waals surface area (Å²) >= 11 is 6.10. The number of hydrogen-bond acceptors (Lipinski definition) is 4. The molecule has 1 atom stereocenters. The van der Waals surface area contributed by atoms with Gasteiger partial charge in [-0.05, 0) is 55.5 Å². The number of nitrogens with zero attached hydrogens (tertiary/aromatic N) is 2. The number of nitrogens with one attached hydrogen (secondary N) is 2. The van der Waals surface area contributed by atoms with E-state index in [0.29, 0.717) is 17.3 Å². The van der Waals surface area contributed by atoms with Crippen molar-refractivity contribution < 1.29 is 4.79 Å². The van der Waals surface area contributed by atoms with E-state index in [1.807, 2.05) is 30.2 Å². The monoisotopic (exact) mass is 398 g/mol. The first-order valence-corrected chi connectivity index (χ1v) is 10.5. The summed E-state index contributed by atoms with van der Waals surface area (Å²) in [4.78, 5) is 17.3. The van der Waals surface area contributed by atoms with E-state index in [9.17, 15) is 4.79 Å². The number of amides is 1. The molecule has 28 heavy (non-hydrogen) atoms. The number of piperidine rings is 1. The van der Waals surface area contributed by atoms with Crippen LogP contribution in [-0.4, -0.2) is 30.1 Å². The summed E-state index contributed by atoms with van der Waals surface area (Å²) < 4.78 is 0. The van der Waals surface area contributed by atoms with E-state index in [0.717, 1.165) is 30.8 Å². The Bertz CT molecular complexity index is 821. The van der Waals surface area contributed by atoms with Crippen LogP contribution >= 0.6 is 11.6 Å². The Morgan fingerprint density at radius 1 is 1.21 bits per heavy atom. The zero-order valence-corrected chi connectivity index (χ0v) is 17.0. The molecular weight excluding hydrogens is 372 g/mol. The van der Waals surface area contributed by atoms with Crippen molar-refractivity contribution in [2.75, 3.05) is 18.0 Å². The largest absolute Gasteiger partial charge is 0.372 e. The van der Waals surface area contributed by atoms with E-state index >= 15 is 0 Å². The molecule has 148 valence electrons. The minimum atomic E-state index is -0.0861. The molecule has 0 saturated carbocycles. The average Bonchev–Trinajstić information content (AvgIpc) is 3.10. The number of benzene rings is 1. The highest BCUT2D eigenvalue weighted by molar-refractivity contribution is 6.31. The van der Waals surface area contributed by atoms with Crippen LogP contribution in [0.5, 0.6) is 0 Å². The normalized spacial score (nSPS) is 21.4. The number of hydrogen-bond donors (Lipinski definition) is 2. The first kappa shape index (κ1) is 18.9. The Labute approximate surface area is 171 Å². The Hall–Kier alpha value is -2.40. The van der Waals surface area contributed by atoms with Crippen LogP contribution in [0.2, 0.25) is 0 Å². The zero-order valence-electron chi connectivity index (χ0n) is 16.2. The molecule has 1 amide bonds. The third-order valence-corrected chi connectivity index (χ3v) is 5.81. The average molecular weight is 399 g/mol. The summed E-state index contributed by atoms with van der Waals surface area (Å²) in [6.07, 6.45) is 10.1. The standard InChI is InChI=1S/C22H27ClN4O/c1-2-19-21(27-13-10-17(23)14-20(27)25-19)22(28)24-15-16-6-8-18(9-7-16)26-11-4-3-5-12-26/h6-10,13-14,20,25H,2-5,11-12,15H2,1H3,(H,24,28). The number of carbonyl (C=O) groups excluding carboxylic acids is 1. The van der Waals surface area contributed by atoms with Crippen molar-refractivity contribution in [3.05, 3.63) is 64.6 Å². The third-order valence-electron chi connectivity index (χ3n) is 5.56. The van der Waals surface area contributed by atoms with Crippen molar-refractivity contribution in [2.24, 2.45) is 0 Å². The number of halogens is 1. The van der Waals surface area contributed by atoms with Gasteiger partial charge in [-0.2, -0.15) is 0 Å². The zero-order chi connectivity index (χ0) is 19.5. The van der Waals surface area contributed by atoms with Gasteiger partial charge in [0.2, 0.25) is 0 Å². The van der Waals surface area contributed by atoms with Gasteiger partial charge in [0.15, 0.2) is 0 Å². The molecular formula is C22H27ClN4O. The molecule has 1 unspecified atom stereocenters. The van der Waals surface area contributed by atoms with E-state index in [2.05, 4.69) is 39.8 Å². The van der Waals surface area contributed by atoms with Crippen molar-refractivity contribution in [3.63, 3.8) is 0 Å². The number of rotatable bonds is 5. The highest BCUT2D eigenvalue weighted by atomic mass is 35.5. The molecule has 6 heteroatoms. The molecule has 3 aliphatic rings. The molecule has 0 bridgehead atoms. The minimum Gasteiger partial charge on any atom is -0.372 e. The van der Waals surface area contributed by atoms with Gasteiger partial charge in [0.1, 0.15) is 11.9 Å². The minimum absolute atomic E-state index is 0.0666. The summed E-state index contributed by atoms with van der Waals surface area (Å²) in [5, 5.41) is 7.12. The SMILES string of the molecule is CCC1=C(C(=O)NCc2ccc(N3CCCCC3)cc2)N2C=CC(Cl)=CC2N1. The van der Waals surface area contributed by atoms with Crippen molar-refractivity contribution in [2.45, 2.75) is 45.3 Å². The first-order valence-electron chi connectivity index (χ1n) is 10.1. The molecule has 1 aromatic carbocycles. The first-order chi connectivity index (χ1) is 13.7. The topological polar surface area (TPSA) is 47.6 Å². The van der Waals surface area contributed by atoms with Crippen molar-refractivity contribution in [1.29, 1.82) is 0 Å². The van der Waals surface area contributed by atoms with E-state index in [1.165, 1.54) is 24.9 Å². The van der Waals surface area contributed by atoms with Crippen LogP contribution in [0.15, 0.2) is 59.0 Å². The number of anilines is 1. The Kier molecular flexibility index (Phi) is 5.62. The predicted molar refractivity (Wildman–Crippen MR) is 114 cm³/mol. The lowest BCUT2D eigenvalue weighted by Gasteiger charge is -2.29. The third kappa shape index (κ3) is 3.90. The van der Waals surface area contributed by atoms with Crippen molar-refractivity contribution >= 4 is 23.2 Å². The molecule has 1 saturated heterocycles. The van der Waals surface area contributed by atoms with Gasteiger partial charge in [-0.15, -0.1) is 0 Å². The van der Waals surface area contributed by atoms with Gasteiger partial charge < -0.3 is 20.4 Å². The molecule has 3 heterocycles. The van der Waals surface area contributed by atoms with Gasteiger partial charge in [-0.3, -0.25) is 4.79 Å². The number of carbonyl (C=O) groups is 1.